The molecule has 4 aliphatic heterocycles. The minimum absolute atomic E-state index is 0.0453. The third-order valence-corrected chi connectivity index (χ3v) is 9.64. The van der Waals surface area contributed by atoms with Gasteiger partial charge in [-0.15, -0.1) is 5.10 Å². The molecule has 202 valence electrons. The first-order valence-electron chi connectivity index (χ1n) is 13.0. The molecule has 8 atom stereocenters. The summed E-state index contributed by atoms with van der Waals surface area (Å²) in [6.45, 7) is 6.78. The number of hydrogen-bond acceptors (Lipinski definition) is 9. The second-order valence-corrected chi connectivity index (χ2v) is 12.6. The summed E-state index contributed by atoms with van der Waals surface area (Å²) in [5, 5.41) is 13.6. The number of fused-ring (bicyclic) bond motifs is 2. The van der Waals surface area contributed by atoms with Gasteiger partial charge in [-0.1, -0.05) is 19.1 Å². The van der Waals surface area contributed by atoms with E-state index in [1.54, 1.807) is 23.0 Å². The lowest BCUT2D eigenvalue weighted by Gasteiger charge is -2.60. The molecule has 2 N–H and O–H groups in total. The fraction of sp³-hybridized carbons (Fsp3) is 0.680. The highest BCUT2D eigenvalue weighted by molar-refractivity contribution is 7.89. The lowest BCUT2D eigenvalue weighted by Crippen LogP contribution is -2.70. The lowest BCUT2D eigenvalue weighted by atomic mass is 9.58. The van der Waals surface area contributed by atoms with Gasteiger partial charge in [-0.3, -0.25) is 0 Å². The summed E-state index contributed by atoms with van der Waals surface area (Å²) in [7, 11) is -3.75. The minimum Gasteiger partial charge on any atom is -0.352 e. The van der Waals surface area contributed by atoms with Crippen molar-refractivity contribution in [3.8, 4) is 5.69 Å². The van der Waals surface area contributed by atoms with Crippen LogP contribution in [0.4, 0.5) is 0 Å². The molecule has 5 fully saturated rings. The number of rotatable bonds is 6. The Morgan fingerprint density at radius 3 is 2.68 bits per heavy atom. The van der Waals surface area contributed by atoms with Crippen molar-refractivity contribution in [2.24, 2.45) is 28.8 Å². The first kappa shape index (κ1) is 25.4. The van der Waals surface area contributed by atoms with Crippen molar-refractivity contribution in [1.82, 2.24) is 15.0 Å². The van der Waals surface area contributed by atoms with Crippen molar-refractivity contribution in [2.45, 2.75) is 81.7 Å². The van der Waals surface area contributed by atoms with Crippen LogP contribution < -0.4 is 5.14 Å². The van der Waals surface area contributed by atoms with Crippen molar-refractivity contribution in [2.75, 3.05) is 6.61 Å². The average molecular weight is 535 g/mol. The van der Waals surface area contributed by atoms with Gasteiger partial charge in [-0.25, -0.2) is 28.0 Å². The van der Waals surface area contributed by atoms with E-state index in [0.717, 1.165) is 31.4 Å². The molecule has 12 heteroatoms. The Hall–Kier alpha value is -1.93. The van der Waals surface area contributed by atoms with E-state index in [1.165, 1.54) is 12.1 Å². The number of ether oxygens (including phenoxy) is 3. The summed E-state index contributed by atoms with van der Waals surface area (Å²) in [5.41, 5.74) is 0.823. The van der Waals surface area contributed by atoms with Crippen molar-refractivity contribution >= 4 is 10.0 Å². The fourth-order valence-electron chi connectivity index (χ4n) is 6.67. The molecule has 1 aliphatic carbocycles. The van der Waals surface area contributed by atoms with Crippen LogP contribution >= 0.6 is 0 Å². The van der Waals surface area contributed by atoms with Gasteiger partial charge >= 0.3 is 0 Å². The number of hydrogen-bond donors (Lipinski definition) is 1. The van der Waals surface area contributed by atoms with Crippen LogP contribution in [-0.4, -0.2) is 54.0 Å². The van der Waals surface area contributed by atoms with E-state index in [-0.39, 0.29) is 16.7 Å². The number of nitrogens with zero attached hydrogens (tertiary/aromatic N) is 3. The van der Waals surface area contributed by atoms with Gasteiger partial charge in [0.15, 0.2) is 18.2 Å². The Bertz CT molecular complexity index is 1250. The van der Waals surface area contributed by atoms with E-state index >= 15 is 0 Å². The first-order valence-corrected chi connectivity index (χ1v) is 14.5. The van der Waals surface area contributed by atoms with Crippen molar-refractivity contribution in [3.05, 3.63) is 36.2 Å². The van der Waals surface area contributed by atoms with Gasteiger partial charge < -0.3 is 14.2 Å². The third kappa shape index (κ3) is 4.32. The third-order valence-electron chi connectivity index (χ3n) is 8.71. The predicted molar refractivity (Wildman–Crippen MR) is 129 cm³/mol. The molecule has 2 bridgehead atoms. The molecule has 0 radical (unpaired) electrons. The van der Waals surface area contributed by atoms with E-state index in [1.807, 2.05) is 6.92 Å². The van der Waals surface area contributed by atoms with E-state index in [2.05, 4.69) is 24.2 Å². The molecule has 7 rings (SSSR count). The monoisotopic (exact) mass is 534 g/mol. The van der Waals surface area contributed by atoms with Crippen LogP contribution in [-0.2, 0) is 40.4 Å². The molecule has 1 aromatic carbocycles. The number of primary sulfonamides is 1. The highest BCUT2D eigenvalue weighted by Gasteiger charge is 2.69. The summed E-state index contributed by atoms with van der Waals surface area (Å²) in [6.07, 6.45) is 5.30. The Labute approximate surface area is 216 Å². The normalized spacial score (nSPS) is 39.2. The fourth-order valence-corrected chi connectivity index (χ4v) is 7.19. The van der Waals surface area contributed by atoms with E-state index < -0.39 is 34.0 Å². The van der Waals surface area contributed by atoms with E-state index in [4.69, 9.17) is 29.1 Å². The summed E-state index contributed by atoms with van der Waals surface area (Å²) >= 11 is 0. The second-order valence-electron chi connectivity index (χ2n) is 11.1. The highest BCUT2D eigenvalue weighted by atomic mass is 32.2. The van der Waals surface area contributed by atoms with Crippen LogP contribution in [0.25, 0.3) is 5.69 Å². The van der Waals surface area contributed by atoms with Gasteiger partial charge in [0.25, 0.3) is 0 Å². The molecule has 5 aliphatic rings. The molecule has 0 amide bonds. The molecule has 37 heavy (non-hydrogen) atoms. The quantitative estimate of drug-likeness (QED) is 0.555. The van der Waals surface area contributed by atoms with Gasteiger partial charge in [-0.2, -0.15) is 0 Å². The molecular formula is C25H34N4O7S. The van der Waals surface area contributed by atoms with Gasteiger partial charge in [0.1, 0.15) is 0 Å². The van der Waals surface area contributed by atoms with Crippen molar-refractivity contribution < 1.29 is 32.4 Å². The molecule has 4 saturated heterocycles. The van der Waals surface area contributed by atoms with Crippen molar-refractivity contribution in [3.63, 3.8) is 0 Å². The summed E-state index contributed by atoms with van der Waals surface area (Å²) in [5.74, 6) is 0.333. The topological polar surface area (TPSA) is 137 Å². The Morgan fingerprint density at radius 1 is 1.14 bits per heavy atom. The second kappa shape index (κ2) is 9.08. The van der Waals surface area contributed by atoms with E-state index in [9.17, 15) is 8.42 Å². The van der Waals surface area contributed by atoms with Gasteiger partial charge in [0.2, 0.25) is 15.8 Å². The first-order chi connectivity index (χ1) is 17.6. The average Bonchev–Trinajstić information content (AvgIpc) is 3.21. The van der Waals surface area contributed by atoms with Crippen molar-refractivity contribution in [1.29, 1.82) is 0 Å². The number of sulfonamides is 1. The molecule has 1 unspecified atom stereocenters. The van der Waals surface area contributed by atoms with Crippen LogP contribution in [0.2, 0.25) is 0 Å². The maximum absolute atomic E-state index is 11.5. The Kier molecular flexibility index (Phi) is 6.22. The van der Waals surface area contributed by atoms with Gasteiger partial charge in [-0.05, 0) is 62.3 Å². The number of benzene rings is 1. The van der Waals surface area contributed by atoms with Crippen LogP contribution in [0.1, 0.15) is 52.1 Å². The van der Waals surface area contributed by atoms with Crippen LogP contribution in [0.15, 0.2) is 35.4 Å². The van der Waals surface area contributed by atoms with E-state index in [0.29, 0.717) is 30.6 Å². The summed E-state index contributed by atoms with van der Waals surface area (Å²) in [6, 6.07) is 6.15. The molecule has 11 nitrogen and oxygen atoms in total. The predicted octanol–water partition coefficient (Wildman–Crippen LogP) is 2.68. The summed E-state index contributed by atoms with van der Waals surface area (Å²) in [4.78, 5) is 12.1. The number of aromatic nitrogens is 3. The zero-order valence-electron chi connectivity index (χ0n) is 21.3. The minimum atomic E-state index is -3.75. The van der Waals surface area contributed by atoms with Crippen LogP contribution in [0.5, 0.6) is 0 Å². The van der Waals surface area contributed by atoms with Gasteiger partial charge in [0, 0.05) is 24.7 Å². The van der Waals surface area contributed by atoms with Crippen LogP contribution in [0.3, 0.4) is 0 Å². The standard InChI is InChI=1S/C25H34N4O7S/c1-15-4-9-21-16(2)22(33-23-25(21)20(15)10-12-24(3,34-23)35-36-25)32-13-11-17-14-29(28-27-17)18-5-7-19(8-6-18)37(26,30)31/h5-8,14-16,20-23H,4,9-13H2,1-3H3,(H2,26,30,31)/t15-,16-,20+,21+,22+,23-,24?,25-/m1/s1. The maximum atomic E-state index is 11.5. The Balaban J connectivity index is 1.12. The zero-order chi connectivity index (χ0) is 26.0. The Morgan fingerprint density at radius 2 is 1.92 bits per heavy atom. The summed E-state index contributed by atoms with van der Waals surface area (Å²) < 4.78 is 43.6. The molecule has 1 saturated carbocycles. The highest BCUT2D eigenvalue weighted by Crippen LogP contribution is 2.60. The smallest absolute Gasteiger partial charge is 0.238 e. The lowest BCUT2D eigenvalue weighted by molar-refractivity contribution is -0.577. The molecule has 1 aromatic heterocycles. The van der Waals surface area contributed by atoms with Gasteiger partial charge in [0.05, 0.1) is 29.1 Å². The maximum Gasteiger partial charge on any atom is 0.238 e. The SMILES string of the molecule is C[C@H]1[C@@H](OCCc2cn(-c3ccc(S(N)(=O)=O)cc3)nn2)O[C@@H]2OC3(C)CC[C@H]4[C@H](C)CC[C@@H]1[C@@]24OO3. The largest absolute Gasteiger partial charge is 0.352 e. The molecule has 2 aromatic rings. The molecular weight excluding hydrogens is 500 g/mol. The van der Waals surface area contributed by atoms with Crippen LogP contribution in [0, 0.1) is 23.7 Å². The zero-order valence-corrected chi connectivity index (χ0v) is 22.1. The molecule has 5 heterocycles. The number of nitrogens with two attached hydrogens (primary N) is 1. The molecule has 1 spiro atoms.